The van der Waals surface area contributed by atoms with Gasteiger partial charge >= 0.3 is 0 Å². The van der Waals surface area contributed by atoms with Crippen LogP contribution in [-0.2, 0) is 0 Å². The smallest absolute Gasteiger partial charge is 0.242 e. The van der Waals surface area contributed by atoms with Crippen molar-refractivity contribution in [2.24, 2.45) is 11.7 Å². The van der Waals surface area contributed by atoms with E-state index in [-0.39, 0.29) is 6.04 Å². The normalized spacial score (nSPS) is 17.9. The van der Waals surface area contributed by atoms with Gasteiger partial charge in [-0.2, -0.15) is 0 Å². The summed E-state index contributed by atoms with van der Waals surface area (Å²) in [7, 11) is -1.49. The van der Waals surface area contributed by atoms with Gasteiger partial charge in [0, 0.05) is 6.04 Å². The molecule has 0 aromatic heterocycles. The Labute approximate surface area is 105 Å². The van der Waals surface area contributed by atoms with Crippen LogP contribution in [0.4, 0.5) is 0 Å². The molecular formula is C14H23NOSi. The Balaban J connectivity index is 1.96. The first-order valence-electron chi connectivity index (χ1n) is 6.48. The van der Waals surface area contributed by atoms with Gasteiger partial charge in [-0.1, -0.05) is 25.0 Å². The summed E-state index contributed by atoms with van der Waals surface area (Å²) in [5.41, 5.74) is 7.42. The first-order valence-corrected chi connectivity index (χ1v) is 9.89. The number of nitrogens with two attached hydrogens (primary N) is 1. The maximum atomic E-state index is 6.18. The van der Waals surface area contributed by atoms with Gasteiger partial charge in [-0.15, -0.1) is 0 Å². The van der Waals surface area contributed by atoms with E-state index in [1.807, 2.05) is 0 Å². The Bertz CT molecular complexity index is 365. The summed E-state index contributed by atoms with van der Waals surface area (Å²) in [6, 6.07) is 8.54. The molecule has 1 atom stereocenters. The van der Waals surface area contributed by atoms with E-state index in [9.17, 15) is 0 Å². The Morgan fingerprint density at radius 2 is 1.82 bits per heavy atom. The molecule has 1 aromatic rings. The molecule has 1 aliphatic rings. The molecule has 0 saturated heterocycles. The lowest BCUT2D eigenvalue weighted by molar-refractivity contribution is 0.555. The molecule has 2 nitrogen and oxygen atoms in total. The summed E-state index contributed by atoms with van der Waals surface area (Å²) in [5.74, 6) is 1.86. The highest BCUT2D eigenvalue weighted by atomic mass is 28.4. The Hall–Kier alpha value is -0.803. The molecule has 1 saturated carbocycles. The van der Waals surface area contributed by atoms with Crippen LogP contribution in [0.3, 0.4) is 0 Å². The fraction of sp³-hybridized carbons (Fsp3) is 0.571. The minimum Gasteiger partial charge on any atom is -0.544 e. The van der Waals surface area contributed by atoms with Crippen molar-refractivity contribution in [3.8, 4) is 5.75 Å². The summed E-state index contributed by atoms with van der Waals surface area (Å²) in [6.45, 7) is 6.58. The third-order valence-electron chi connectivity index (χ3n) is 3.02. The van der Waals surface area contributed by atoms with Crippen LogP contribution in [-0.4, -0.2) is 8.32 Å². The van der Waals surface area contributed by atoms with Crippen molar-refractivity contribution in [3.05, 3.63) is 29.8 Å². The predicted molar refractivity (Wildman–Crippen MR) is 74.7 cm³/mol. The molecule has 2 N–H and O–H groups in total. The van der Waals surface area contributed by atoms with E-state index in [1.165, 1.54) is 18.4 Å². The Morgan fingerprint density at radius 3 is 2.29 bits per heavy atom. The van der Waals surface area contributed by atoms with Crippen molar-refractivity contribution in [1.82, 2.24) is 0 Å². The monoisotopic (exact) mass is 249 g/mol. The zero-order valence-electron chi connectivity index (χ0n) is 11.1. The molecule has 1 fully saturated rings. The van der Waals surface area contributed by atoms with E-state index in [0.717, 1.165) is 18.1 Å². The topological polar surface area (TPSA) is 35.2 Å². The number of rotatable bonds is 5. The average molecular weight is 249 g/mol. The molecule has 0 radical (unpaired) electrons. The second-order valence-corrected chi connectivity index (χ2v) is 10.5. The lowest BCUT2D eigenvalue weighted by Gasteiger charge is -2.20. The van der Waals surface area contributed by atoms with Gasteiger partial charge in [-0.05, 0) is 49.7 Å². The van der Waals surface area contributed by atoms with Gasteiger partial charge in [0.05, 0.1) is 0 Å². The highest BCUT2D eigenvalue weighted by Crippen LogP contribution is 2.36. The minimum atomic E-state index is -1.49. The molecular weight excluding hydrogens is 226 g/mol. The third kappa shape index (κ3) is 4.17. The molecule has 2 rings (SSSR count). The van der Waals surface area contributed by atoms with E-state index in [0.29, 0.717) is 0 Å². The molecule has 0 heterocycles. The molecule has 1 aliphatic carbocycles. The standard InChI is InChI=1S/C14H23NOSi/c1-17(2,3)16-13-8-6-12(7-9-13)14(15)10-11-4-5-11/h6-9,11,14H,4-5,10,15H2,1-3H3/t14-/m0/s1. The van der Waals surface area contributed by atoms with Crippen LogP contribution in [0.2, 0.25) is 19.6 Å². The van der Waals surface area contributed by atoms with Gasteiger partial charge in [0.15, 0.2) is 0 Å². The van der Waals surface area contributed by atoms with E-state index in [2.05, 4.69) is 43.9 Å². The van der Waals surface area contributed by atoms with Crippen molar-refractivity contribution in [3.63, 3.8) is 0 Å². The number of benzene rings is 1. The van der Waals surface area contributed by atoms with Gasteiger partial charge in [0.1, 0.15) is 5.75 Å². The van der Waals surface area contributed by atoms with Crippen molar-refractivity contribution in [1.29, 1.82) is 0 Å². The van der Waals surface area contributed by atoms with Crippen LogP contribution in [0, 0.1) is 5.92 Å². The quantitative estimate of drug-likeness (QED) is 0.808. The van der Waals surface area contributed by atoms with E-state index < -0.39 is 8.32 Å². The van der Waals surface area contributed by atoms with E-state index >= 15 is 0 Å². The van der Waals surface area contributed by atoms with Crippen LogP contribution in [0.25, 0.3) is 0 Å². The predicted octanol–water partition coefficient (Wildman–Crippen LogP) is 3.70. The first kappa shape index (κ1) is 12.6. The highest BCUT2D eigenvalue weighted by Gasteiger charge is 2.24. The third-order valence-corrected chi connectivity index (χ3v) is 3.86. The number of hydrogen-bond acceptors (Lipinski definition) is 2. The SMILES string of the molecule is C[Si](C)(C)Oc1ccc([C@@H](N)CC2CC2)cc1. The van der Waals surface area contributed by atoms with Gasteiger partial charge in [-0.3, -0.25) is 0 Å². The molecule has 94 valence electrons. The zero-order valence-corrected chi connectivity index (χ0v) is 12.1. The largest absolute Gasteiger partial charge is 0.544 e. The van der Waals surface area contributed by atoms with Gasteiger partial charge < -0.3 is 10.2 Å². The molecule has 17 heavy (non-hydrogen) atoms. The fourth-order valence-electron chi connectivity index (χ4n) is 1.99. The summed E-state index contributed by atoms with van der Waals surface area (Å²) in [5, 5.41) is 0. The maximum Gasteiger partial charge on any atom is 0.242 e. The summed E-state index contributed by atoms with van der Waals surface area (Å²) < 4.78 is 5.93. The van der Waals surface area contributed by atoms with Crippen molar-refractivity contribution < 1.29 is 4.43 Å². The van der Waals surface area contributed by atoms with Gasteiger partial charge in [0.25, 0.3) is 0 Å². The molecule has 1 aromatic carbocycles. The molecule has 0 unspecified atom stereocenters. The van der Waals surface area contributed by atoms with Crippen LogP contribution < -0.4 is 10.2 Å². The fourth-order valence-corrected chi connectivity index (χ4v) is 2.83. The van der Waals surface area contributed by atoms with Crippen LogP contribution in [0.15, 0.2) is 24.3 Å². The molecule has 0 bridgehead atoms. The first-order chi connectivity index (χ1) is 7.94. The van der Waals surface area contributed by atoms with Gasteiger partial charge in [0.2, 0.25) is 8.32 Å². The Morgan fingerprint density at radius 1 is 1.24 bits per heavy atom. The van der Waals surface area contributed by atoms with Crippen molar-refractivity contribution >= 4 is 8.32 Å². The van der Waals surface area contributed by atoms with Crippen LogP contribution in [0.1, 0.15) is 30.9 Å². The molecule has 0 aliphatic heterocycles. The summed E-state index contributed by atoms with van der Waals surface area (Å²) in [4.78, 5) is 0. The van der Waals surface area contributed by atoms with Gasteiger partial charge in [-0.25, -0.2) is 0 Å². The van der Waals surface area contributed by atoms with Crippen molar-refractivity contribution in [2.75, 3.05) is 0 Å². The molecule has 0 spiro atoms. The highest BCUT2D eigenvalue weighted by molar-refractivity contribution is 6.70. The summed E-state index contributed by atoms with van der Waals surface area (Å²) in [6.07, 6.45) is 3.86. The van der Waals surface area contributed by atoms with Crippen LogP contribution in [0.5, 0.6) is 5.75 Å². The van der Waals surface area contributed by atoms with E-state index in [4.69, 9.17) is 10.2 Å². The van der Waals surface area contributed by atoms with Crippen molar-refractivity contribution in [2.45, 2.75) is 44.9 Å². The second kappa shape index (κ2) is 4.82. The lowest BCUT2D eigenvalue weighted by atomic mass is 10.0. The summed E-state index contributed by atoms with van der Waals surface area (Å²) >= 11 is 0. The molecule has 0 amide bonds. The minimum absolute atomic E-state index is 0.198. The molecule has 3 heteroatoms. The average Bonchev–Trinajstić information content (AvgIpc) is 3.00. The van der Waals surface area contributed by atoms with Crippen LogP contribution >= 0.6 is 0 Å². The van der Waals surface area contributed by atoms with E-state index in [1.54, 1.807) is 0 Å². The zero-order chi connectivity index (χ0) is 12.5. The maximum absolute atomic E-state index is 6.18. The second-order valence-electron chi connectivity index (χ2n) is 6.07. The lowest BCUT2D eigenvalue weighted by Crippen LogP contribution is -2.29. The Kier molecular flexibility index (Phi) is 3.59. The number of hydrogen-bond donors (Lipinski definition) is 1.